The minimum Gasteiger partial charge on any atom is -0.466 e. The summed E-state index contributed by atoms with van der Waals surface area (Å²) in [6, 6.07) is 0.608. The SMILES string of the molecule is CCOC(=O)C1C2CN(C3C4CC3CN(C(=O)OCC)C4)CC21. The van der Waals surface area contributed by atoms with Crippen LogP contribution in [0.25, 0.3) is 0 Å². The van der Waals surface area contributed by atoms with E-state index < -0.39 is 0 Å². The first-order chi connectivity index (χ1) is 11.1. The Bertz CT molecular complexity index is 487. The Labute approximate surface area is 137 Å². The molecule has 128 valence electrons. The Morgan fingerprint density at radius 3 is 2.13 bits per heavy atom. The first-order valence-electron chi connectivity index (χ1n) is 8.96. The van der Waals surface area contributed by atoms with Crippen LogP contribution >= 0.6 is 0 Å². The molecule has 2 saturated heterocycles. The average molecular weight is 322 g/mol. The molecule has 4 atom stereocenters. The second-order valence-electron chi connectivity index (χ2n) is 7.41. The summed E-state index contributed by atoms with van der Waals surface area (Å²) < 4.78 is 10.3. The minimum absolute atomic E-state index is 0.00411. The number of ether oxygens (including phenoxy) is 2. The van der Waals surface area contributed by atoms with Crippen molar-refractivity contribution in [2.24, 2.45) is 29.6 Å². The molecule has 4 fully saturated rings. The fourth-order valence-electron chi connectivity index (χ4n) is 5.21. The molecular weight excluding hydrogens is 296 g/mol. The van der Waals surface area contributed by atoms with Crippen molar-refractivity contribution < 1.29 is 19.1 Å². The largest absolute Gasteiger partial charge is 0.466 e. The molecule has 2 aliphatic carbocycles. The molecule has 1 amide bonds. The maximum Gasteiger partial charge on any atom is 0.409 e. The zero-order valence-corrected chi connectivity index (χ0v) is 13.9. The van der Waals surface area contributed by atoms with Crippen LogP contribution in [0.3, 0.4) is 0 Å². The van der Waals surface area contributed by atoms with Gasteiger partial charge in [0.15, 0.2) is 0 Å². The molecule has 23 heavy (non-hydrogen) atoms. The molecule has 0 N–H and O–H groups in total. The topological polar surface area (TPSA) is 59.1 Å². The fraction of sp³-hybridized carbons (Fsp3) is 0.882. The molecule has 2 saturated carbocycles. The summed E-state index contributed by atoms with van der Waals surface area (Å²) in [5, 5.41) is 0. The Hall–Kier alpha value is -1.30. The van der Waals surface area contributed by atoms with Gasteiger partial charge in [0, 0.05) is 32.2 Å². The van der Waals surface area contributed by atoms with Crippen molar-refractivity contribution in [3.05, 3.63) is 0 Å². The standard InChI is InChI=1S/C17H26N2O4/c1-3-22-16(20)14-12-8-18(9-13(12)14)15-10-5-11(15)7-19(6-10)17(21)23-4-2/h10-15H,3-9H2,1-2H3. The summed E-state index contributed by atoms with van der Waals surface area (Å²) in [6.45, 7) is 8.36. The second kappa shape index (κ2) is 5.65. The summed E-state index contributed by atoms with van der Waals surface area (Å²) in [4.78, 5) is 28.2. The van der Waals surface area contributed by atoms with Crippen molar-refractivity contribution >= 4 is 12.1 Å². The van der Waals surface area contributed by atoms with E-state index in [9.17, 15) is 9.59 Å². The highest BCUT2D eigenvalue weighted by Gasteiger charge is 2.63. The lowest BCUT2D eigenvalue weighted by atomic mass is 9.65. The van der Waals surface area contributed by atoms with E-state index in [-0.39, 0.29) is 18.0 Å². The van der Waals surface area contributed by atoms with E-state index in [2.05, 4.69) is 4.90 Å². The molecule has 2 heterocycles. The Morgan fingerprint density at radius 1 is 0.957 bits per heavy atom. The normalized spacial score (nSPS) is 41.0. The summed E-state index contributed by atoms with van der Waals surface area (Å²) in [7, 11) is 0. The molecule has 2 aliphatic heterocycles. The Morgan fingerprint density at radius 2 is 1.57 bits per heavy atom. The van der Waals surface area contributed by atoms with Gasteiger partial charge in [-0.2, -0.15) is 0 Å². The zero-order chi connectivity index (χ0) is 16.1. The van der Waals surface area contributed by atoms with Crippen LogP contribution in [0, 0.1) is 29.6 Å². The summed E-state index contributed by atoms with van der Waals surface area (Å²) >= 11 is 0. The maximum absolute atomic E-state index is 11.9. The predicted octanol–water partition coefficient (Wildman–Crippen LogP) is 1.20. The third-order valence-corrected chi connectivity index (χ3v) is 6.21. The first-order valence-corrected chi connectivity index (χ1v) is 8.96. The molecule has 4 aliphatic rings. The van der Waals surface area contributed by atoms with Crippen molar-refractivity contribution in [1.29, 1.82) is 0 Å². The van der Waals surface area contributed by atoms with Crippen LogP contribution in [0.5, 0.6) is 0 Å². The molecule has 0 spiro atoms. The third-order valence-electron chi connectivity index (χ3n) is 6.21. The van der Waals surface area contributed by atoms with Gasteiger partial charge in [0.05, 0.1) is 19.1 Å². The van der Waals surface area contributed by atoms with Crippen LogP contribution in [0.15, 0.2) is 0 Å². The molecule has 4 unspecified atom stereocenters. The molecule has 4 rings (SSSR count). The van der Waals surface area contributed by atoms with Crippen LogP contribution in [-0.2, 0) is 14.3 Å². The predicted molar refractivity (Wildman–Crippen MR) is 82.7 cm³/mol. The van der Waals surface area contributed by atoms with E-state index in [1.165, 1.54) is 6.42 Å². The van der Waals surface area contributed by atoms with Crippen LogP contribution < -0.4 is 0 Å². The highest BCUT2D eigenvalue weighted by molar-refractivity contribution is 5.77. The van der Waals surface area contributed by atoms with Gasteiger partial charge in [-0.05, 0) is 43.9 Å². The number of esters is 1. The maximum atomic E-state index is 11.9. The highest BCUT2D eigenvalue weighted by Crippen LogP contribution is 2.55. The average Bonchev–Trinajstić information content (AvgIpc) is 3.04. The number of fused-ring (bicyclic) bond motifs is 3. The van der Waals surface area contributed by atoms with Crippen LogP contribution in [0.4, 0.5) is 4.79 Å². The van der Waals surface area contributed by atoms with Crippen molar-refractivity contribution in [2.45, 2.75) is 26.3 Å². The van der Waals surface area contributed by atoms with E-state index >= 15 is 0 Å². The van der Waals surface area contributed by atoms with Gasteiger partial charge in [-0.3, -0.25) is 9.69 Å². The Balaban J connectivity index is 1.29. The quantitative estimate of drug-likeness (QED) is 0.728. The number of rotatable bonds is 4. The van der Waals surface area contributed by atoms with E-state index in [4.69, 9.17) is 9.47 Å². The molecule has 0 aromatic heterocycles. The number of nitrogens with zero attached hydrogens (tertiary/aromatic N) is 2. The number of hydrogen-bond donors (Lipinski definition) is 0. The van der Waals surface area contributed by atoms with Gasteiger partial charge in [0.1, 0.15) is 0 Å². The van der Waals surface area contributed by atoms with E-state index in [0.29, 0.717) is 42.9 Å². The number of amides is 1. The van der Waals surface area contributed by atoms with Crippen LogP contribution in [0.1, 0.15) is 20.3 Å². The smallest absolute Gasteiger partial charge is 0.409 e. The van der Waals surface area contributed by atoms with Gasteiger partial charge < -0.3 is 14.4 Å². The monoisotopic (exact) mass is 322 g/mol. The van der Waals surface area contributed by atoms with E-state index in [1.807, 2.05) is 18.7 Å². The van der Waals surface area contributed by atoms with Gasteiger partial charge in [0.25, 0.3) is 0 Å². The minimum atomic E-state index is -0.160. The highest BCUT2D eigenvalue weighted by atomic mass is 16.6. The van der Waals surface area contributed by atoms with E-state index in [1.54, 1.807) is 0 Å². The molecule has 6 nitrogen and oxygen atoms in total. The Kier molecular flexibility index (Phi) is 3.75. The molecule has 6 heteroatoms. The zero-order valence-electron chi connectivity index (χ0n) is 13.9. The molecule has 2 bridgehead atoms. The third kappa shape index (κ3) is 2.42. The molecular formula is C17H26N2O4. The summed E-state index contributed by atoms with van der Waals surface area (Å²) in [5.74, 6) is 2.34. The number of hydrogen-bond acceptors (Lipinski definition) is 5. The number of carbonyl (C=O) groups is 2. The lowest BCUT2D eigenvalue weighted by molar-refractivity contribution is -0.146. The van der Waals surface area contributed by atoms with Crippen molar-refractivity contribution in [3.63, 3.8) is 0 Å². The van der Waals surface area contributed by atoms with Crippen LogP contribution in [0.2, 0.25) is 0 Å². The van der Waals surface area contributed by atoms with Gasteiger partial charge >= 0.3 is 12.1 Å². The van der Waals surface area contributed by atoms with Gasteiger partial charge in [-0.15, -0.1) is 0 Å². The van der Waals surface area contributed by atoms with Crippen LogP contribution in [-0.4, -0.2) is 67.3 Å². The van der Waals surface area contributed by atoms with Gasteiger partial charge in [0.2, 0.25) is 0 Å². The fourth-order valence-corrected chi connectivity index (χ4v) is 5.21. The molecule has 0 radical (unpaired) electrons. The van der Waals surface area contributed by atoms with Crippen molar-refractivity contribution in [3.8, 4) is 0 Å². The van der Waals surface area contributed by atoms with E-state index in [0.717, 1.165) is 26.2 Å². The number of carbonyl (C=O) groups excluding carboxylic acids is 2. The van der Waals surface area contributed by atoms with Gasteiger partial charge in [-0.1, -0.05) is 0 Å². The lowest BCUT2D eigenvalue weighted by Gasteiger charge is -2.56. The number of piperidine rings is 3. The summed E-state index contributed by atoms with van der Waals surface area (Å²) in [5.41, 5.74) is 0. The molecule has 0 aromatic carbocycles. The second-order valence-corrected chi connectivity index (χ2v) is 7.41. The van der Waals surface area contributed by atoms with Crippen molar-refractivity contribution in [1.82, 2.24) is 9.80 Å². The van der Waals surface area contributed by atoms with Crippen molar-refractivity contribution in [2.75, 3.05) is 39.4 Å². The first kappa shape index (κ1) is 15.2. The summed E-state index contributed by atoms with van der Waals surface area (Å²) in [6.07, 6.45) is 1.07. The van der Waals surface area contributed by atoms with Gasteiger partial charge in [-0.25, -0.2) is 4.79 Å². The number of likely N-dealkylation sites (tertiary alicyclic amines) is 2. The molecule has 0 aromatic rings. The lowest BCUT2D eigenvalue weighted by Crippen LogP contribution is -2.65.